The third-order valence-corrected chi connectivity index (χ3v) is 1.57. The summed E-state index contributed by atoms with van der Waals surface area (Å²) in [6.07, 6.45) is -3.05. The molecule has 14 heavy (non-hydrogen) atoms. The van der Waals surface area contributed by atoms with Crippen LogP contribution in [0.15, 0.2) is 6.07 Å². The Morgan fingerprint density at radius 2 is 2.21 bits per heavy atom. The molecular formula is C8H6F3N3. The molecule has 0 atom stereocenters. The number of rotatable bonds is 2. The maximum atomic E-state index is 13.0. The first-order valence-electron chi connectivity index (χ1n) is 3.67. The van der Waals surface area contributed by atoms with Gasteiger partial charge in [0.05, 0.1) is 11.3 Å². The Balaban J connectivity index is 3.36. The van der Waals surface area contributed by atoms with Gasteiger partial charge in [-0.05, 0) is 6.07 Å². The zero-order chi connectivity index (χ0) is 10.7. The number of halogens is 3. The lowest BCUT2D eigenvalue weighted by Crippen LogP contribution is -2.06. The fraction of sp³-hybridized carbons (Fsp3) is 0.250. The van der Waals surface area contributed by atoms with E-state index >= 15 is 0 Å². The fourth-order valence-corrected chi connectivity index (χ4v) is 0.935. The number of nitrogens with zero attached hydrogens (tertiary/aromatic N) is 2. The van der Waals surface area contributed by atoms with Crippen LogP contribution in [0.25, 0.3) is 0 Å². The number of nitrogens with two attached hydrogens (primary N) is 1. The van der Waals surface area contributed by atoms with E-state index < -0.39 is 23.5 Å². The number of nitriles is 1. The molecule has 0 bridgehead atoms. The first-order chi connectivity index (χ1) is 6.60. The highest BCUT2D eigenvalue weighted by atomic mass is 19.3. The Morgan fingerprint density at radius 3 is 2.64 bits per heavy atom. The summed E-state index contributed by atoms with van der Waals surface area (Å²) in [5, 5.41) is 8.44. The van der Waals surface area contributed by atoms with E-state index in [0.29, 0.717) is 0 Å². The number of hydrogen-bond donors (Lipinski definition) is 1. The molecule has 0 aliphatic carbocycles. The average molecular weight is 201 g/mol. The highest BCUT2D eigenvalue weighted by Gasteiger charge is 2.19. The van der Waals surface area contributed by atoms with Crippen molar-refractivity contribution in [3.63, 3.8) is 0 Å². The molecule has 0 saturated carbocycles. The minimum Gasteiger partial charge on any atom is -0.325 e. The van der Waals surface area contributed by atoms with E-state index in [1.54, 1.807) is 0 Å². The Labute approximate surface area is 78.0 Å². The van der Waals surface area contributed by atoms with Crippen LogP contribution in [0.4, 0.5) is 13.2 Å². The van der Waals surface area contributed by atoms with Crippen LogP contribution in [0, 0.1) is 17.1 Å². The van der Waals surface area contributed by atoms with E-state index in [0.717, 1.165) is 6.07 Å². The molecule has 6 heteroatoms. The van der Waals surface area contributed by atoms with Crippen molar-refractivity contribution in [3.8, 4) is 6.07 Å². The van der Waals surface area contributed by atoms with Crippen molar-refractivity contribution in [3.05, 3.63) is 28.8 Å². The van der Waals surface area contributed by atoms with Gasteiger partial charge in [0.15, 0.2) is 5.82 Å². The van der Waals surface area contributed by atoms with Crippen LogP contribution in [-0.4, -0.2) is 4.98 Å². The molecule has 0 aliphatic heterocycles. The number of alkyl halides is 2. The van der Waals surface area contributed by atoms with Gasteiger partial charge < -0.3 is 5.73 Å². The fourth-order valence-electron chi connectivity index (χ4n) is 0.935. The molecule has 0 spiro atoms. The number of aromatic nitrogens is 1. The zero-order valence-corrected chi connectivity index (χ0v) is 6.97. The highest BCUT2D eigenvalue weighted by Crippen LogP contribution is 2.22. The molecule has 1 heterocycles. The molecular weight excluding hydrogens is 195 g/mol. The van der Waals surface area contributed by atoms with Crippen LogP contribution in [0.3, 0.4) is 0 Å². The van der Waals surface area contributed by atoms with Gasteiger partial charge in [0.1, 0.15) is 11.8 Å². The lowest BCUT2D eigenvalue weighted by atomic mass is 10.2. The monoisotopic (exact) mass is 201 g/mol. The predicted molar refractivity (Wildman–Crippen MR) is 41.8 cm³/mol. The van der Waals surface area contributed by atoms with Crippen LogP contribution >= 0.6 is 0 Å². The summed E-state index contributed by atoms with van der Waals surface area (Å²) in [5.74, 6) is -1.28. The summed E-state index contributed by atoms with van der Waals surface area (Å²) in [5.41, 5.74) is 3.74. The number of hydrogen-bond acceptors (Lipinski definition) is 3. The molecule has 1 aromatic rings. The van der Waals surface area contributed by atoms with E-state index in [9.17, 15) is 13.2 Å². The lowest BCUT2D eigenvalue weighted by molar-refractivity contribution is 0.140. The molecule has 74 valence electrons. The van der Waals surface area contributed by atoms with Crippen molar-refractivity contribution in [2.75, 3.05) is 0 Å². The quantitative estimate of drug-likeness (QED) is 0.788. The largest absolute Gasteiger partial charge is 0.325 e. The molecule has 2 N–H and O–H groups in total. The van der Waals surface area contributed by atoms with Gasteiger partial charge in [0, 0.05) is 6.54 Å². The minimum atomic E-state index is -3.05. The summed E-state index contributed by atoms with van der Waals surface area (Å²) in [4.78, 5) is 3.30. The highest BCUT2D eigenvalue weighted by molar-refractivity contribution is 5.34. The molecule has 3 nitrogen and oxygen atoms in total. The van der Waals surface area contributed by atoms with Gasteiger partial charge in [-0.1, -0.05) is 0 Å². The molecule has 0 amide bonds. The predicted octanol–water partition coefficient (Wildman–Crippen LogP) is 1.49. The molecule has 0 saturated heterocycles. The van der Waals surface area contributed by atoms with E-state index in [1.807, 2.05) is 0 Å². The van der Waals surface area contributed by atoms with Gasteiger partial charge in [-0.3, -0.25) is 0 Å². The third-order valence-electron chi connectivity index (χ3n) is 1.57. The molecule has 0 unspecified atom stereocenters. The normalized spacial score (nSPS) is 10.3. The summed E-state index contributed by atoms with van der Waals surface area (Å²) in [6.45, 7) is -0.116. The summed E-state index contributed by atoms with van der Waals surface area (Å²) >= 11 is 0. The van der Waals surface area contributed by atoms with Crippen molar-refractivity contribution in [1.29, 1.82) is 5.26 Å². The maximum Gasteiger partial charge on any atom is 0.283 e. The van der Waals surface area contributed by atoms with Gasteiger partial charge >= 0.3 is 0 Å². The van der Waals surface area contributed by atoms with Gasteiger partial charge in [-0.2, -0.15) is 5.26 Å². The van der Waals surface area contributed by atoms with Crippen LogP contribution in [0.1, 0.15) is 23.4 Å². The SMILES string of the molecule is N#Cc1cc(CN)nc(C(F)F)c1F. The Kier molecular flexibility index (Phi) is 3.04. The van der Waals surface area contributed by atoms with E-state index in [-0.39, 0.29) is 12.2 Å². The van der Waals surface area contributed by atoms with Crippen molar-refractivity contribution in [1.82, 2.24) is 4.98 Å². The minimum absolute atomic E-state index is 0.0678. The number of pyridine rings is 1. The van der Waals surface area contributed by atoms with Gasteiger partial charge in [0.25, 0.3) is 6.43 Å². The topological polar surface area (TPSA) is 62.7 Å². The Morgan fingerprint density at radius 1 is 1.57 bits per heavy atom. The second kappa shape index (κ2) is 4.07. The molecule has 0 fully saturated rings. The standard InChI is InChI=1S/C8H6F3N3/c9-6-4(2-12)1-5(3-13)14-7(6)8(10)11/h1,8H,3,13H2. The van der Waals surface area contributed by atoms with Gasteiger partial charge in [-0.15, -0.1) is 0 Å². The molecule has 1 aromatic heterocycles. The second-order valence-corrected chi connectivity index (χ2v) is 2.48. The van der Waals surface area contributed by atoms with Crippen molar-refractivity contribution < 1.29 is 13.2 Å². The first kappa shape index (κ1) is 10.5. The van der Waals surface area contributed by atoms with Gasteiger partial charge in [-0.25, -0.2) is 18.2 Å². The summed E-state index contributed by atoms with van der Waals surface area (Å²) in [6, 6.07) is 2.52. The average Bonchev–Trinajstić information content (AvgIpc) is 2.17. The first-order valence-corrected chi connectivity index (χ1v) is 3.67. The summed E-state index contributed by atoms with van der Waals surface area (Å²) in [7, 11) is 0. The molecule has 0 radical (unpaired) electrons. The third kappa shape index (κ3) is 1.83. The Hall–Kier alpha value is -1.61. The zero-order valence-electron chi connectivity index (χ0n) is 6.97. The lowest BCUT2D eigenvalue weighted by Gasteiger charge is -2.04. The van der Waals surface area contributed by atoms with Crippen LogP contribution < -0.4 is 5.73 Å². The van der Waals surface area contributed by atoms with Crippen molar-refractivity contribution in [2.45, 2.75) is 13.0 Å². The van der Waals surface area contributed by atoms with Gasteiger partial charge in [0.2, 0.25) is 0 Å². The van der Waals surface area contributed by atoms with Crippen molar-refractivity contribution in [2.24, 2.45) is 5.73 Å². The van der Waals surface area contributed by atoms with E-state index in [1.165, 1.54) is 6.07 Å². The second-order valence-electron chi connectivity index (χ2n) is 2.48. The van der Waals surface area contributed by atoms with Crippen LogP contribution in [0.2, 0.25) is 0 Å². The van der Waals surface area contributed by atoms with Crippen LogP contribution in [-0.2, 0) is 6.54 Å². The molecule has 1 rings (SSSR count). The van der Waals surface area contributed by atoms with E-state index in [4.69, 9.17) is 11.0 Å². The smallest absolute Gasteiger partial charge is 0.283 e. The maximum absolute atomic E-state index is 13.0. The van der Waals surface area contributed by atoms with E-state index in [2.05, 4.69) is 4.98 Å². The molecule has 0 aliphatic rings. The van der Waals surface area contributed by atoms with Crippen LogP contribution in [0.5, 0.6) is 0 Å². The molecule has 0 aromatic carbocycles. The Bertz CT molecular complexity index is 384. The van der Waals surface area contributed by atoms with Crippen molar-refractivity contribution >= 4 is 0 Å². The summed E-state index contributed by atoms with van der Waals surface area (Å²) < 4.78 is 37.4.